The summed E-state index contributed by atoms with van der Waals surface area (Å²) in [5.41, 5.74) is 0.00208. The van der Waals surface area contributed by atoms with E-state index in [4.69, 9.17) is 23.7 Å². The second-order valence-electron chi connectivity index (χ2n) is 17.5. The Bertz CT molecular complexity index is 2130. The minimum absolute atomic E-state index is 0.0547. The number of hydrazine groups is 1. The fourth-order valence-corrected chi connectivity index (χ4v) is 8.56. The standard InChI is InChI=1S/C49H71N3O13/c1-13-16-23-52(51(21-14-2)22-15-3)37(54)26-62-36-25-34-44(58)39-38(36)40-46(32(9)43(39)57)65-49(11,47(40)59)63-24-20-35(61-12)29(6)45(64-33(10)53)31(8)42(56)30(7)41(55)27(4)18-17-19-28(5)48(60)50-34/h17-20,24-25,27,29-31,35,41-42,45,55-58H,13-16,21-23,26H2,1-12H3,(H,50,60). The fraction of sp³-hybridized carbons (Fsp3) is 0.592. The Morgan fingerprint density at radius 3 is 2.15 bits per heavy atom. The van der Waals surface area contributed by atoms with Crippen molar-refractivity contribution in [2.75, 3.05) is 38.7 Å². The van der Waals surface area contributed by atoms with Gasteiger partial charge in [0.2, 0.25) is 0 Å². The van der Waals surface area contributed by atoms with Gasteiger partial charge in [0, 0.05) is 86.9 Å². The minimum Gasteiger partial charge on any atom is -0.507 e. The number of esters is 1. The van der Waals surface area contributed by atoms with Gasteiger partial charge in [-0.1, -0.05) is 73.1 Å². The van der Waals surface area contributed by atoms with Crippen molar-refractivity contribution in [2.45, 2.75) is 132 Å². The quantitative estimate of drug-likeness (QED) is 0.0771. The molecule has 0 radical (unpaired) electrons. The number of carbonyl (C=O) groups is 4. The predicted octanol–water partition coefficient (Wildman–Crippen LogP) is 7.09. The highest BCUT2D eigenvalue weighted by molar-refractivity contribution is 6.21. The number of anilines is 1. The molecule has 0 aromatic heterocycles. The number of aliphatic hydroxyl groups is 2. The van der Waals surface area contributed by atoms with Gasteiger partial charge in [0.05, 0.1) is 41.2 Å². The van der Waals surface area contributed by atoms with Crippen LogP contribution in [0.15, 0.2) is 42.2 Å². The van der Waals surface area contributed by atoms with Gasteiger partial charge < -0.3 is 49.4 Å². The molecule has 9 atom stereocenters. The maximum atomic E-state index is 14.7. The van der Waals surface area contributed by atoms with E-state index < -0.39 is 89.6 Å². The number of allylic oxidation sites excluding steroid dienone is 2. The van der Waals surface area contributed by atoms with Gasteiger partial charge in [-0.2, -0.15) is 0 Å². The van der Waals surface area contributed by atoms with Crippen LogP contribution in [0.5, 0.6) is 23.0 Å². The number of amides is 2. The van der Waals surface area contributed by atoms with E-state index in [1.165, 1.54) is 52.4 Å². The van der Waals surface area contributed by atoms with Crippen LogP contribution in [0.4, 0.5) is 5.69 Å². The van der Waals surface area contributed by atoms with Crippen LogP contribution in [0.25, 0.3) is 10.8 Å². The zero-order valence-corrected chi connectivity index (χ0v) is 40.1. The van der Waals surface area contributed by atoms with Gasteiger partial charge in [0.25, 0.3) is 17.6 Å². The number of ketones is 1. The summed E-state index contributed by atoms with van der Waals surface area (Å²) < 4.78 is 30.2. The zero-order valence-electron chi connectivity index (χ0n) is 40.1. The second-order valence-corrected chi connectivity index (χ2v) is 17.5. The van der Waals surface area contributed by atoms with Gasteiger partial charge in [-0.3, -0.25) is 24.2 Å². The van der Waals surface area contributed by atoms with Crippen LogP contribution >= 0.6 is 0 Å². The van der Waals surface area contributed by atoms with Crippen LogP contribution < -0.4 is 14.8 Å². The molecule has 16 nitrogen and oxygen atoms in total. The summed E-state index contributed by atoms with van der Waals surface area (Å²) in [4.78, 5) is 54.9. The number of hydrogen-bond acceptors (Lipinski definition) is 14. The largest absolute Gasteiger partial charge is 0.507 e. The van der Waals surface area contributed by atoms with Gasteiger partial charge in [0.1, 0.15) is 23.4 Å². The number of aromatic hydroxyl groups is 2. The first-order valence-electron chi connectivity index (χ1n) is 22.7. The van der Waals surface area contributed by atoms with Crippen molar-refractivity contribution in [3.63, 3.8) is 0 Å². The van der Waals surface area contributed by atoms with Crippen LogP contribution in [0.2, 0.25) is 0 Å². The average molecular weight is 910 g/mol. The smallest absolute Gasteiger partial charge is 0.312 e. The van der Waals surface area contributed by atoms with Crippen LogP contribution in [-0.2, 0) is 28.6 Å². The van der Waals surface area contributed by atoms with Crippen molar-refractivity contribution in [1.82, 2.24) is 10.0 Å². The third-order valence-corrected chi connectivity index (χ3v) is 12.5. The molecule has 3 aliphatic rings. The van der Waals surface area contributed by atoms with E-state index in [-0.39, 0.29) is 50.6 Å². The molecule has 5 rings (SSSR count). The van der Waals surface area contributed by atoms with E-state index >= 15 is 0 Å². The number of unbranched alkanes of at least 4 members (excludes halogenated alkanes) is 1. The Kier molecular flexibility index (Phi) is 18.4. The summed E-state index contributed by atoms with van der Waals surface area (Å²) in [6, 6.07) is 1.30. The lowest BCUT2D eigenvalue weighted by Crippen LogP contribution is -2.49. The molecule has 0 saturated carbocycles. The van der Waals surface area contributed by atoms with Crippen molar-refractivity contribution in [1.29, 1.82) is 0 Å². The highest BCUT2D eigenvalue weighted by Gasteiger charge is 2.50. The number of ether oxygens (including phenoxy) is 5. The molecule has 5 bridgehead atoms. The van der Waals surface area contributed by atoms with Gasteiger partial charge in [-0.25, -0.2) is 5.01 Å². The summed E-state index contributed by atoms with van der Waals surface area (Å²) in [6.07, 6.45) is 6.83. The van der Waals surface area contributed by atoms with Gasteiger partial charge in [-0.05, 0) is 39.2 Å². The van der Waals surface area contributed by atoms with E-state index in [1.54, 1.807) is 51.8 Å². The number of nitrogens with one attached hydrogen (secondary N) is 1. The molecule has 2 amide bonds. The van der Waals surface area contributed by atoms with E-state index in [2.05, 4.69) is 5.32 Å². The number of fused-ring (bicyclic) bond motifs is 14. The summed E-state index contributed by atoms with van der Waals surface area (Å²) in [5, 5.41) is 52.7. The van der Waals surface area contributed by atoms with Gasteiger partial charge in [0.15, 0.2) is 12.4 Å². The van der Waals surface area contributed by atoms with E-state index in [0.29, 0.717) is 19.6 Å². The second kappa shape index (κ2) is 22.8. The van der Waals surface area contributed by atoms with Crippen molar-refractivity contribution < 1.29 is 63.3 Å². The third-order valence-electron chi connectivity index (χ3n) is 12.5. The maximum absolute atomic E-state index is 14.7. The molecule has 3 aliphatic heterocycles. The lowest BCUT2D eigenvalue weighted by Gasteiger charge is -2.38. The number of Topliss-reactive ketones (excluding diaryl/α,β-unsaturated/α-hetero) is 1. The lowest BCUT2D eigenvalue weighted by atomic mass is 9.78. The van der Waals surface area contributed by atoms with E-state index in [0.717, 1.165) is 25.7 Å². The number of rotatable bonds is 13. The number of benzene rings is 2. The van der Waals surface area contributed by atoms with Crippen molar-refractivity contribution in [3.8, 4) is 23.0 Å². The Morgan fingerprint density at radius 2 is 1.55 bits per heavy atom. The van der Waals surface area contributed by atoms with Gasteiger partial charge in [-0.15, -0.1) is 0 Å². The highest BCUT2D eigenvalue weighted by Crippen LogP contribution is 2.54. The monoisotopic (exact) mass is 909 g/mol. The minimum atomic E-state index is -2.04. The third kappa shape index (κ3) is 11.6. The first kappa shape index (κ1) is 52.5. The van der Waals surface area contributed by atoms with Gasteiger partial charge >= 0.3 is 11.8 Å². The predicted molar refractivity (Wildman–Crippen MR) is 246 cm³/mol. The Balaban J connectivity index is 1.94. The molecular formula is C49H71N3O13. The number of methoxy groups -OCH3 is 1. The summed E-state index contributed by atoms with van der Waals surface area (Å²) in [7, 11) is 1.44. The number of aliphatic hydroxyl groups excluding tert-OH is 2. The number of hydrogen-bond donors (Lipinski definition) is 5. The van der Waals surface area contributed by atoms with E-state index in [9.17, 15) is 39.6 Å². The Hall–Kier alpha value is -5.16. The first-order valence-corrected chi connectivity index (χ1v) is 22.7. The molecule has 65 heavy (non-hydrogen) atoms. The first-order chi connectivity index (χ1) is 30.7. The molecule has 16 heteroatoms. The van der Waals surface area contributed by atoms with Crippen LogP contribution in [0.1, 0.15) is 111 Å². The molecule has 360 valence electrons. The van der Waals surface area contributed by atoms with Crippen molar-refractivity contribution in [3.05, 3.63) is 53.3 Å². The SMILES string of the molecule is CCCCN(C(=O)COc1cc2c(O)c3c(O)c(C)c4c(c13)C(=O)C(C)(OC=CC(OC)C(C)C(OC(C)=O)C(C)C(O)C(C)C(O)C(C)C=CC=C(C)C(=O)N2)O4)N(CCC)CCC. The highest BCUT2D eigenvalue weighted by atomic mass is 16.7. The van der Waals surface area contributed by atoms with Crippen LogP contribution in [0.3, 0.4) is 0 Å². The molecule has 2 aromatic rings. The summed E-state index contributed by atoms with van der Waals surface area (Å²) >= 11 is 0. The molecule has 5 N–H and O–H groups in total. The summed E-state index contributed by atoms with van der Waals surface area (Å²) in [6.45, 7) is 20.0. The topological polar surface area (TPSA) is 214 Å². The van der Waals surface area contributed by atoms with E-state index in [1.807, 2.05) is 25.8 Å². The summed E-state index contributed by atoms with van der Waals surface area (Å²) in [5.74, 6) is -8.03. The van der Waals surface area contributed by atoms with Crippen molar-refractivity contribution >= 4 is 40.0 Å². The lowest BCUT2D eigenvalue weighted by molar-refractivity contribution is -0.160. The number of phenolic OH excluding ortho intramolecular Hbond substituents is 2. The molecule has 9 unspecified atom stereocenters. The van der Waals surface area contributed by atoms with Crippen LogP contribution in [-0.4, -0.2) is 118 Å². The molecule has 0 saturated heterocycles. The zero-order chi connectivity index (χ0) is 48.5. The molecule has 0 spiro atoms. The molecule has 0 aliphatic carbocycles. The van der Waals surface area contributed by atoms with Crippen molar-refractivity contribution in [2.24, 2.45) is 23.7 Å². The number of carbonyl (C=O) groups excluding carboxylic acids is 4. The molecule has 2 aromatic carbocycles. The molecule has 0 fully saturated rings. The Morgan fingerprint density at radius 1 is 0.892 bits per heavy atom. The average Bonchev–Trinajstić information content (AvgIpc) is 3.53. The number of phenols is 2. The normalized spacial score (nSPS) is 26.5. The molecule has 3 heterocycles. The maximum Gasteiger partial charge on any atom is 0.312 e. The van der Waals surface area contributed by atoms with Crippen LogP contribution in [0, 0.1) is 30.6 Å². The molecular weight excluding hydrogens is 839 g/mol. The Labute approximate surface area is 383 Å². The number of nitrogens with zero attached hydrogens (tertiary/aromatic N) is 2. The fourth-order valence-electron chi connectivity index (χ4n) is 8.56.